The molecule has 0 aliphatic carbocycles. The molecule has 1 fully saturated rings. The number of nitrogens with one attached hydrogen (secondary N) is 1. The van der Waals surface area contributed by atoms with Gasteiger partial charge in [-0.05, 0) is 79.3 Å². The Hall–Kier alpha value is -4.62. The lowest BCUT2D eigenvalue weighted by molar-refractivity contribution is 0.0283. The van der Waals surface area contributed by atoms with E-state index in [0.717, 1.165) is 79.9 Å². The topological polar surface area (TPSA) is 113 Å². The zero-order chi connectivity index (χ0) is 32.4. The Morgan fingerprint density at radius 2 is 1.93 bits per heavy atom. The van der Waals surface area contributed by atoms with Gasteiger partial charge in [0, 0.05) is 79.5 Å². The SMILES string of the molecule is Cc1cc(/C=C/c2nccc(-c3cccc(NC(=O)c4nc5c(n4C)CCN(C4CCOCC4)C5)c3C)c2C#N)c(Cl)cc1C=O. The Balaban J connectivity index is 1.25. The van der Waals surface area contributed by atoms with Gasteiger partial charge in [-0.3, -0.25) is 19.5 Å². The number of halogens is 1. The van der Waals surface area contributed by atoms with Gasteiger partial charge < -0.3 is 14.6 Å². The Bertz CT molecular complexity index is 1900. The number of pyridine rings is 1. The van der Waals surface area contributed by atoms with Crippen molar-refractivity contribution in [2.24, 2.45) is 7.05 Å². The molecule has 46 heavy (non-hydrogen) atoms. The fourth-order valence-corrected chi connectivity index (χ4v) is 6.68. The van der Waals surface area contributed by atoms with Gasteiger partial charge in [-0.25, -0.2) is 4.98 Å². The molecule has 0 radical (unpaired) electrons. The highest BCUT2D eigenvalue weighted by molar-refractivity contribution is 6.32. The summed E-state index contributed by atoms with van der Waals surface area (Å²) in [5.74, 6) is 0.106. The van der Waals surface area contributed by atoms with Crippen LogP contribution in [-0.2, 0) is 24.8 Å². The average molecular weight is 635 g/mol. The highest BCUT2D eigenvalue weighted by atomic mass is 35.5. The van der Waals surface area contributed by atoms with Crippen molar-refractivity contribution in [1.82, 2.24) is 19.4 Å². The van der Waals surface area contributed by atoms with Gasteiger partial charge in [0.1, 0.15) is 12.4 Å². The quantitative estimate of drug-likeness (QED) is 0.234. The number of benzene rings is 2. The molecular weight excluding hydrogens is 600 g/mol. The standard InChI is InChI=1S/C36H35ClN6O3/c1-22-17-24(30(37)18-25(22)21-44)7-8-32-29(19-38)28(9-13-39-32)27-5-4-6-31(23(27)2)41-36(45)35-40-33-20-43(14-10-34(33)42(35)3)26-11-15-46-16-12-26/h4-9,13,17-18,21,26H,10-12,14-16,20H2,1-3H3,(H,41,45)/b8-7+. The number of aldehydes is 1. The van der Waals surface area contributed by atoms with Crippen molar-refractivity contribution in [2.75, 3.05) is 25.1 Å². The van der Waals surface area contributed by atoms with Crippen LogP contribution < -0.4 is 5.32 Å². The second-order valence-corrected chi connectivity index (χ2v) is 12.2. The van der Waals surface area contributed by atoms with Gasteiger partial charge in [0.25, 0.3) is 5.91 Å². The highest BCUT2D eigenvalue weighted by Crippen LogP contribution is 2.33. The first-order valence-corrected chi connectivity index (χ1v) is 15.8. The summed E-state index contributed by atoms with van der Waals surface area (Å²) >= 11 is 6.41. The number of rotatable bonds is 7. The number of hydrogen-bond donors (Lipinski definition) is 1. The third-order valence-corrected chi connectivity index (χ3v) is 9.42. The third-order valence-electron chi connectivity index (χ3n) is 9.09. The van der Waals surface area contributed by atoms with Crippen molar-refractivity contribution >= 4 is 41.6 Å². The van der Waals surface area contributed by atoms with Gasteiger partial charge in [0.15, 0.2) is 5.82 Å². The fraction of sp³-hybridized carbons (Fsp3) is 0.306. The highest BCUT2D eigenvalue weighted by Gasteiger charge is 2.30. The first-order valence-electron chi connectivity index (χ1n) is 15.4. The molecule has 1 amide bonds. The van der Waals surface area contributed by atoms with Crippen LogP contribution in [0.5, 0.6) is 0 Å². The van der Waals surface area contributed by atoms with Crippen LogP contribution in [0.1, 0.15) is 73.2 Å². The summed E-state index contributed by atoms with van der Waals surface area (Å²) in [6, 6.07) is 13.7. The van der Waals surface area contributed by atoms with Crippen LogP contribution in [0.4, 0.5) is 5.69 Å². The molecule has 6 rings (SSSR count). The number of ether oxygens (including phenoxy) is 1. The van der Waals surface area contributed by atoms with Gasteiger partial charge in [0.2, 0.25) is 0 Å². The lowest BCUT2D eigenvalue weighted by Crippen LogP contribution is -2.42. The summed E-state index contributed by atoms with van der Waals surface area (Å²) in [7, 11) is 1.91. The normalized spacial score (nSPS) is 15.5. The zero-order valence-corrected chi connectivity index (χ0v) is 26.9. The van der Waals surface area contributed by atoms with Crippen LogP contribution in [0.3, 0.4) is 0 Å². The van der Waals surface area contributed by atoms with E-state index < -0.39 is 0 Å². The van der Waals surface area contributed by atoms with E-state index in [1.807, 2.05) is 49.7 Å². The number of fused-ring (bicyclic) bond motifs is 1. The predicted molar refractivity (Wildman–Crippen MR) is 179 cm³/mol. The number of amides is 1. The van der Waals surface area contributed by atoms with Crippen molar-refractivity contribution in [2.45, 2.75) is 45.7 Å². The summed E-state index contributed by atoms with van der Waals surface area (Å²) in [6.07, 6.45) is 8.87. The zero-order valence-electron chi connectivity index (χ0n) is 26.1. The maximum absolute atomic E-state index is 13.6. The fourth-order valence-electron chi connectivity index (χ4n) is 6.44. The van der Waals surface area contributed by atoms with Crippen LogP contribution in [-0.4, -0.2) is 57.4 Å². The van der Waals surface area contributed by atoms with Gasteiger partial charge in [-0.1, -0.05) is 29.8 Å². The maximum Gasteiger partial charge on any atom is 0.291 e. The molecule has 0 spiro atoms. The van der Waals surface area contributed by atoms with Crippen molar-refractivity contribution in [3.05, 3.63) is 98.3 Å². The van der Waals surface area contributed by atoms with E-state index in [0.29, 0.717) is 50.5 Å². The average Bonchev–Trinajstić information content (AvgIpc) is 3.41. The van der Waals surface area contributed by atoms with E-state index in [1.54, 1.807) is 30.5 Å². The lowest BCUT2D eigenvalue weighted by atomic mass is 9.94. The number of aryl methyl sites for hydroxylation is 1. The molecule has 0 saturated carbocycles. The number of aromatic nitrogens is 3. The Morgan fingerprint density at radius 1 is 1.13 bits per heavy atom. The Morgan fingerprint density at radius 3 is 2.70 bits per heavy atom. The van der Waals surface area contributed by atoms with E-state index >= 15 is 0 Å². The van der Waals surface area contributed by atoms with Crippen LogP contribution >= 0.6 is 11.6 Å². The molecule has 4 aromatic rings. The summed E-state index contributed by atoms with van der Waals surface area (Å²) in [5, 5.41) is 13.7. The van der Waals surface area contributed by atoms with Crippen molar-refractivity contribution in [1.29, 1.82) is 5.26 Å². The monoisotopic (exact) mass is 634 g/mol. The summed E-state index contributed by atoms with van der Waals surface area (Å²) in [6.45, 7) is 7.04. The van der Waals surface area contributed by atoms with Gasteiger partial charge in [-0.15, -0.1) is 0 Å². The molecule has 9 nitrogen and oxygen atoms in total. The number of nitriles is 1. The number of imidazole rings is 1. The second-order valence-electron chi connectivity index (χ2n) is 11.8. The maximum atomic E-state index is 13.6. The molecule has 0 atom stereocenters. The van der Waals surface area contributed by atoms with Crippen LogP contribution in [0.25, 0.3) is 23.3 Å². The largest absolute Gasteiger partial charge is 0.381 e. The van der Waals surface area contributed by atoms with Crippen molar-refractivity contribution in [3.8, 4) is 17.2 Å². The van der Waals surface area contributed by atoms with Gasteiger partial charge in [0.05, 0.1) is 17.0 Å². The van der Waals surface area contributed by atoms with Crippen LogP contribution in [0, 0.1) is 25.2 Å². The van der Waals surface area contributed by atoms with Gasteiger partial charge in [-0.2, -0.15) is 5.26 Å². The molecule has 4 heterocycles. The van der Waals surface area contributed by atoms with Crippen molar-refractivity contribution < 1.29 is 14.3 Å². The van der Waals surface area contributed by atoms with E-state index in [-0.39, 0.29) is 5.91 Å². The molecule has 2 aliphatic heterocycles. The van der Waals surface area contributed by atoms with E-state index in [1.165, 1.54) is 0 Å². The molecule has 0 unspecified atom stereocenters. The smallest absolute Gasteiger partial charge is 0.291 e. The van der Waals surface area contributed by atoms with Crippen LogP contribution in [0.15, 0.2) is 42.6 Å². The Labute approximate surface area is 273 Å². The first-order chi connectivity index (χ1) is 22.3. The number of carbonyl (C=O) groups is 2. The molecular formula is C36H35ClN6O3. The van der Waals surface area contributed by atoms with E-state index in [4.69, 9.17) is 21.3 Å². The molecule has 2 aromatic carbocycles. The number of carbonyl (C=O) groups excluding carboxylic acids is 2. The molecule has 1 N–H and O–H groups in total. The summed E-state index contributed by atoms with van der Waals surface area (Å²) in [4.78, 5) is 36.6. The molecule has 1 saturated heterocycles. The minimum Gasteiger partial charge on any atom is -0.381 e. The minimum atomic E-state index is -0.276. The van der Waals surface area contributed by atoms with Crippen molar-refractivity contribution in [3.63, 3.8) is 0 Å². The third kappa shape index (κ3) is 6.12. The van der Waals surface area contributed by atoms with E-state index in [9.17, 15) is 14.9 Å². The van der Waals surface area contributed by atoms with Gasteiger partial charge >= 0.3 is 0 Å². The predicted octanol–water partition coefficient (Wildman–Crippen LogP) is 6.40. The molecule has 2 aliphatic rings. The minimum absolute atomic E-state index is 0.276. The number of nitrogens with zero attached hydrogens (tertiary/aromatic N) is 5. The number of hydrogen-bond acceptors (Lipinski definition) is 7. The summed E-state index contributed by atoms with van der Waals surface area (Å²) in [5.41, 5.74) is 7.96. The van der Waals surface area contributed by atoms with Crippen LogP contribution in [0.2, 0.25) is 5.02 Å². The molecule has 0 bridgehead atoms. The lowest BCUT2D eigenvalue weighted by Gasteiger charge is -2.36. The molecule has 10 heteroatoms. The van der Waals surface area contributed by atoms with E-state index in [2.05, 4.69) is 21.3 Å². The Kier molecular flexibility index (Phi) is 9.13. The molecule has 234 valence electrons. The first kappa shape index (κ1) is 31.4. The molecule has 2 aromatic heterocycles. The number of anilines is 1. The summed E-state index contributed by atoms with van der Waals surface area (Å²) < 4.78 is 7.46. The second kappa shape index (κ2) is 13.4.